The van der Waals surface area contributed by atoms with Crippen molar-refractivity contribution in [2.75, 3.05) is 25.0 Å². The first-order chi connectivity index (χ1) is 14.1. The Hall–Kier alpha value is -2.66. The number of nitrogens with zero attached hydrogens (tertiary/aromatic N) is 1. The third-order valence-electron chi connectivity index (χ3n) is 5.45. The lowest BCUT2D eigenvalue weighted by molar-refractivity contribution is -0.122. The Bertz CT molecular complexity index is 782. The Morgan fingerprint density at radius 1 is 0.931 bits per heavy atom. The Labute approximate surface area is 173 Å². The van der Waals surface area contributed by atoms with Crippen molar-refractivity contribution in [3.05, 3.63) is 65.7 Å². The maximum Gasteiger partial charge on any atom is 0.238 e. The predicted octanol–water partition coefficient (Wildman–Crippen LogP) is 3.40. The highest BCUT2D eigenvalue weighted by molar-refractivity contribution is 5.92. The highest BCUT2D eigenvalue weighted by atomic mass is 16.2. The molecule has 1 fully saturated rings. The van der Waals surface area contributed by atoms with E-state index in [0.717, 1.165) is 44.5 Å². The molecule has 2 aromatic rings. The summed E-state index contributed by atoms with van der Waals surface area (Å²) in [6.07, 6.45) is 4.10. The number of amides is 2. The standard InChI is InChI=1S/C24H31N3O2/c1-2-19-8-10-20(11-9-19)12-13-23(28)25-22-14-16-27(17-15-22)18-24(29)26-21-6-4-3-5-7-21/h3-11,22H,2,12-18H2,1H3,(H,25,28)(H,26,29). The van der Waals surface area contributed by atoms with Gasteiger partial charge in [0.15, 0.2) is 0 Å². The van der Waals surface area contributed by atoms with Crippen molar-refractivity contribution in [3.63, 3.8) is 0 Å². The van der Waals surface area contributed by atoms with E-state index in [2.05, 4.69) is 46.7 Å². The van der Waals surface area contributed by atoms with E-state index in [1.165, 1.54) is 11.1 Å². The Morgan fingerprint density at radius 3 is 2.24 bits per heavy atom. The van der Waals surface area contributed by atoms with E-state index in [4.69, 9.17) is 0 Å². The van der Waals surface area contributed by atoms with Gasteiger partial charge in [-0.25, -0.2) is 0 Å². The lowest BCUT2D eigenvalue weighted by Gasteiger charge is -2.31. The van der Waals surface area contributed by atoms with Crippen LogP contribution in [0.4, 0.5) is 5.69 Å². The number of piperidine rings is 1. The van der Waals surface area contributed by atoms with Gasteiger partial charge in [0.2, 0.25) is 11.8 Å². The molecule has 2 N–H and O–H groups in total. The van der Waals surface area contributed by atoms with Gasteiger partial charge in [0.25, 0.3) is 0 Å². The molecule has 5 heteroatoms. The molecule has 0 saturated carbocycles. The minimum absolute atomic E-state index is 0.00720. The lowest BCUT2D eigenvalue weighted by Crippen LogP contribution is -2.46. The van der Waals surface area contributed by atoms with Crippen LogP contribution < -0.4 is 10.6 Å². The van der Waals surface area contributed by atoms with Gasteiger partial charge >= 0.3 is 0 Å². The fourth-order valence-electron chi connectivity index (χ4n) is 3.66. The molecule has 0 aliphatic carbocycles. The van der Waals surface area contributed by atoms with E-state index in [9.17, 15) is 9.59 Å². The van der Waals surface area contributed by atoms with Gasteiger partial charge in [0.1, 0.15) is 0 Å². The van der Waals surface area contributed by atoms with Gasteiger partial charge in [0, 0.05) is 31.2 Å². The number of carbonyl (C=O) groups is 2. The number of hydrogen-bond acceptors (Lipinski definition) is 3. The summed E-state index contributed by atoms with van der Waals surface area (Å²) < 4.78 is 0. The Kier molecular flexibility index (Phi) is 7.82. The van der Waals surface area contributed by atoms with Crippen LogP contribution in [0.15, 0.2) is 54.6 Å². The fourth-order valence-corrected chi connectivity index (χ4v) is 3.66. The van der Waals surface area contributed by atoms with Crippen molar-refractivity contribution in [2.45, 2.75) is 45.1 Å². The number of carbonyl (C=O) groups excluding carboxylic acids is 2. The molecule has 2 aromatic carbocycles. The fraction of sp³-hybridized carbons (Fsp3) is 0.417. The van der Waals surface area contributed by atoms with Crippen LogP contribution >= 0.6 is 0 Å². The molecule has 0 aromatic heterocycles. The van der Waals surface area contributed by atoms with Gasteiger partial charge in [-0.3, -0.25) is 14.5 Å². The molecule has 154 valence electrons. The summed E-state index contributed by atoms with van der Waals surface area (Å²) >= 11 is 0. The molecule has 0 unspecified atom stereocenters. The summed E-state index contributed by atoms with van der Waals surface area (Å²) in [5, 5.41) is 6.08. The molecule has 0 atom stereocenters. The van der Waals surface area contributed by atoms with Crippen LogP contribution in [0.3, 0.4) is 0 Å². The first-order valence-corrected chi connectivity index (χ1v) is 10.6. The van der Waals surface area contributed by atoms with Crippen molar-refractivity contribution in [2.24, 2.45) is 0 Å². The summed E-state index contributed by atoms with van der Waals surface area (Å²) in [5.41, 5.74) is 3.35. The molecule has 2 amide bonds. The number of anilines is 1. The van der Waals surface area contributed by atoms with E-state index >= 15 is 0 Å². The second-order valence-electron chi connectivity index (χ2n) is 7.70. The molecular formula is C24H31N3O2. The predicted molar refractivity (Wildman–Crippen MR) is 117 cm³/mol. The number of para-hydroxylation sites is 1. The second-order valence-corrected chi connectivity index (χ2v) is 7.70. The molecule has 0 spiro atoms. The molecule has 0 bridgehead atoms. The molecule has 1 aliphatic heterocycles. The average Bonchev–Trinajstić information content (AvgIpc) is 2.75. The average molecular weight is 394 g/mol. The highest BCUT2D eigenvalue weighted by Crippen LogP contribution is 2.12. The lowest BCUT2D eigenvalue weighted by atomic mass is 10.0. The number of nitrogens with one attached hydrogen (secondary N) is 2. The number of rotatable bonds is 8. The maximum atomic E-state index is 12.3. The Balaban J connectivity index is 1.33. The number of hydrogen-bond donors (Lipinski definition) is 2. The zero-order chi connectivity index (χ0) is 20.5. The quantitative estimate of drug-likeness (QED) is 0.723. The van der Waals surface area contributed by atoms with E-state index in [1.54, 1.807) is 0 Å². The molecule has 0 radical (unpaired) electrons. The van der Waals surface area contributed by atoms with Crippen molar-refractivity contribution < 1.29 is 9.59 Å². The summed E-state index contributed by atoms with van der Waals surface area (Å²) in [7, 11) is 0. The summed E-state index contributed by atoms with van der Waals surface area (Å²) in [6.45, 7) is 4.18. The van der Waals surface area contributed by atoms with Gasteiger partial charge in [-0.05, 0) is 48.9 Å². The van der Waals surface area contributed by atoms with Crippen LogP contribution in [-0.4, -0.2) is 42.4 Å². The van der Waals surface area contributed by atoms with Crippen molar-refractivity contribution in [3.8, 4) is 0 Å². The van der Waals surface area contributed by atoms with Crippen LogP contribution in [0.25, 0.3) is 0 Å². The third kappa shape index (κ3) is 7.02. The minimum atomic E-state index is 0.00720. The summed E-state index contributed by atoms with van der Waals surface area (Å²) in [5.74, 6) is 0.123. The number of benzene rings is 2. The molecule has 1 heterocycles. The zero-order valence-corrected chi connectivity index (χ0v) is 17.2. The molecule has 5 nitrogen and oxygen atoms in total. The van der Waals surface area contributed by atoms with Gasteiger partial charge in [-0.2, -0.15) is 0 Å². The molecule has 1 aliphatic rings. The molecular weight excluding hydrogens is 362 g/mol. The third-order valence-corrected chi connectivity index (χ3v) is 5.45. The monoisotopic (exact) mass is 393 g/mol. The number of likely N-dealkylation sites (tertiary alicyclic amines) is 1. The van der Waals surface area contributed by atoms with E-state index < -0.39 is 0 Å². The molecule has 29 heavy (non-hydrogen) atoms. The van der Waals surface area contributed by atoms with Gasteiger partial charge < -0.3 is 10.6 Å². The van der Waals surface area contributed by atoms with E-state index in [-0.39, 0.29) is 17.9 Å². The zero-order valence-electron chi connectivity index (χ0n) is 17.2. The SMILES string of the molecule is CCc1ccc(CCC(=O)NC2CCN(CC(=O)Nc3ccccc3)CC2)cc1. The topological polar surface area (TPSA) is 61.4 Å². The first-order valence-electron chi connectivity index (χ1n) is 10.6. The molecule has 1 saturated heterocycles. The van der Waals surface area contributed by atoms with Gasteiger partial charge in [-0.1, -0.05) is 49.4 Å². The normalized spacial score (nSPS) is 15.1. The second kappa shape index (κ2) is 10.8. The maximum absolute atomic E-state index is 12.3. The van der Waals surface area contributed by atoms with Crippen molar-refractivity contribution in [1.82, 2.24) is 10.2 Å². The Morgan fingerprint density at radius 2 is 1.59 bits per heavy atom. The van der Waals surface area contributed by atoms with Crippen LogP contribution in [-0.2, 0) is 22.4 Å². The van der Waals surface area contributed by atoms with Crippen molar-refractivity contribution in [1.29, 1.82) is 0 Å². The smallest absolute Gasteiger partial charge is 0.238 e. The minimum Gasteiger partial charge on any atom is -0.353 e. The van der Waals surface area contributed by atoms with Gasteiger partial charge in [-0.15, -0.1) is 0 Å². The first kappa shape index (κ1) is 21.1. The largest absolute Gasteiger partial charge is 0.353 e. The number of aryl methyl sites for hydroxylation is 2. The van der Waals surface area contributed by atoms with Crippen LogP contribution in [0.1, 0.15) is 37.3 Å². The van der Waals surface area contributed by atoms with Crippen molar-refractivity contribution >= 4 is 17.5 Å². The summed E-state index contributed by atoms with van der Waals surface area (Å²) in [4.78, 5) is 26.6. The van der Waals surface area contributed by atoms with Crippen LogP contribution in [0.5, 0.6) is 0 Å². The van der Waals surface area contributed by atoms with Gasteiger partial charge in [0.05, 0.1) is 6.54 Å². The van der Waals surface area contributed by atoms with E-state index in [1.807, 2.05) is 30.3 Å². The van der Waals surface area contributed by atoms with Crippen LogP contribution in [0.2, 0.25) is 0 Å². The van der Waals surface area contributed by atoms with E-state index in [0.29, 0.717) is 13.0 Å². The summed E-state index contributed by atoms with van der Waals surface area (Å²) in [6, 6.07) is 18.2. The van der Waals surface area contributed by atoms with Crippen LogP contribution in [0, 0.1) is 0 Å². The molecule has 3 rings (SSSR count). The highest BCUT2D eigenvalue weighted by Gasteiger charge is 2.22.